The number of rotatable bonds is 16. The Morgan fingerprint density at radius 1 is 0.890 bits per heavy atom. The molecule has 0 amide bonds. The third-order valence-electron chi connectivity index (χ3n) is 13.8. The Kier molecular flexibility index (Phi) is 17.6. The zero-order valence-corrected chi connectivity index (χ0v) is 43.9. The van der Waals surface area contributed by atoms with Crippen LogP contribution in [0.4, 0.5) is 4.39 Å². The summed E-state index contributed by atoms with van der Waals surface area (Å²) in [4.78, 5) is 38.1. The molecule has 2 fully saturated rings. The molecule has 19 heteroatoms. The van der Waals surface area contributed by atoms with Gasteiger partial charge in [0.2, 0.25) is 12.0 Å². The number of hydrogen-bond donors (Lipinski definition) is 1. The van der Waals surface area contributed by atoms with E-state index in [1.165, 1.54) is 29.8 Å². The van der Waals surface area contributed by atoms with E-state index in [-0.39, 0.29) is 31.4 Å². The number of carboxylic acids is 1. The minimum Gasteiger partial charge on any atom is -0.490 e. The lowest BCUT2D eigenvalue weighted by Crippen LogP contribution is -2.49. The molecule has 2 atom stereocenters. The number of ether oxygens (including phenoxy) is 7. The average Bonchev–Trinajstić information content (AvgIpc) is 3.78. The van der Waals surface area contributed by atoms with Crippen LogP contribution in [0.3, 0.4) is 0 Å². The van der Waals surface area contributed by atoms with E-state index < -0.39 is 24.0 Å². The van der Waals surface area contributed by atoms with Crippen LogP contribution in [0.1, 0.15) is 59.8 Å². The molecule has 3 aromatic heterocycles. The number of aromatic nitrogens is 4. The van der Waals surface area contributed by atoms with E-state index in [9.17, 15) is 14.3 Å². The van der Waals surface area contributed by atoms with Crippen molar-refractivity contribution < 1.29 is 47.4 Å². The molecule has 4 bridgehead atoms. The minimum atomic E-state index is -1.46. The normalized spacial score (nSPS) is 19.8. The quantitative estimate of drug-likeness (QED) is 0.0912. The van der Waals surface area contributed by atoms with Crippen LogP contribution < -0.4 is 18.9 Å². The van der Waals surface area contributed by atoms with Crippen LogP contribution in [-0.2, 0) is 32.0 Å². The predicted molar refractivity (Wildman–Crippen MR) is 278 cm³/mol. The van der Waals surface area contributed by atoms with Crippen molar-refractivity contribution in [2.24, 2.45) is 5.92 Å². The van der Waals surface area contributed by atoms with Gasteiger partial charge < -0.3 is 43.2 Å². The third-order valence-corrected chi connectivity index (χ3v) is 15.9. The summed E-state index contributed by atoms with van der Waals surface area (Å²) < 4.78 is 57.3. The van der Waals surface area contributed by atoms with E-state index in [2.05, 4.69) is 31.8 Å². The van der Waals surface area contributed by atoms with Gasteiger partial charge in [0.1, 0.15) is 53.6 Å². The molecule has 15 nitrogen and oxygen atoms in total. The number of fused-ring (bicyclic) bond motifs is 7. The number of likely N-dealkylation sites (N-methyl/N-ethyl adjacent to an activating group) is 1. The lowest BCUT2D eigenvalue weighted by atomic mass is 9.82. The standard InChI is InChI=1S/C54H61Cl2FN6O9S/c1-32-44-33(2)48(56)49(47(32)55)71-41(27-63-19-17-62(3)18-20-63)30-69-40-13-14-42(70-29-39-15-16-58-51(61-39)36-7-5-34(6-8-36)28-68-24-23-67-22-21-66-4)37(25-40)26-43(54(64)65)72-52-46-45(44)50(73-53(46)60-31-59-52)35-9-11-38(57)12-10-35/h9-16,25,31,34,36,41,43H,5-8,17-24,26-30H2,1-4H3,(H,64,65)/t34-,36-,41-,43-/m1/s1. The first-order valence-corrected chi connectivity index (χ1v) is 26.3. The first kappa shape index (κ1) is 52.6. The topological polar surface area (TPSA) is 160 Å². The van der Waals surface area contributed by atoms with E-state index in [1.54, 1.807) is 43.6 Å². The third kappa shape index (κ3) is 12.7. The molecule has 0 unspecified atom stereocenters. The SMILES string of the molecule is COCCOCCOC[C@H]1CC[C@H](c2nccc(COc3ccc4cc3C[C@H](C(=O)O)Oc3ncnc5sc(-c6ccc(F)cc6)c(c35)-c3c(C)c(Cl)c(c(Cl)c3C)O[C@H](CN3CCN(C)CC3)CO4)n2)CC1. The van der Waals surface area contributed by atoms with E-state index in [0.29, 0.717) is 127 Å². The van der Waals surface area contributed by atoms with Crippen molar-refractivity contribution >= 4 is 50.7 Å². The van der Waals surface area contributed by atoms with Crippen molar-refractivity contribution in [2.45, 2.75) is 70.7 Å². The van der Waals surface area contributed by atoms with Gasteiger partial charge in [-0.05, 0) is 111 Å². The van der Waals surface area contributed by atoms with Crippen molar-refractivity contribution in [3.63, 3.8) is 0 Å². The molecule has 1 N–H and O–H groups in total. The highest BCUT2D eigenvalue weighted by atomic mass is 35.5. The van der Waals surface area contributed by atoms with Crippen LogP contribution in [0.5, 0.6) is 23.1 Å². The summed E-state index contributed by atoms with van der Waals surface area (Å²) in [6.07, 6.45) is 4.93. The van der Waals surface area contributed by atoms with Crippen molar-refractivity contribution in [1.29, 1.82) is 0 Å². The van der Waals surface area contributed by atoms with Gasteiger partial charge in [-0.2, -0.15) is 0 Å². The summed E-state index contributed by atoms with van der Waals surface area (Å²) in [5.41, 5.74) is 4.50. The largest absolute Gasteiger partial charge is 0.490 e. The second-order valence-electron chi connectivity index (χ2n) is 18.9. The number of benzene rings is 3. The molecule has 4 aliphatic rings. The fourth-order valence-electron chi connectivity index (χ4n) is 9.75. The summed E-state index contributed by atoms with van der Waals surface area (Å²) in [7, 11) is 3.76. The molecule has 0 spiro atoms. The summed E-state index contributed by atoms with van der Waals surface area (Å²) >= 11 is 16.0. The number of carbonyl (C=O) groups is 1. The molecule has 6 heterocycles. The van der Waals surface area contributed by atoms with Gasteiger partial charge in [-0.25, -0.2) is 29.1 Å². The van der Waals surface area contributed by atoms with Crippen molar-refractivity contribution in [3.05, 3.63) is 105 Å². The molecule has 10 rings (SSSR count). The predicted octanol–water partition coefficient (Wildman–Crippen LogP) is 9.87. The number of halogens is 3. The Labute approximate surface area is 438 Å². The lowest BCUT2D eigenvalue weighted by molar-refractivity contribution is -0.145. The zero-order chi connectivity index (χ0) is 51.0. The van der Waals surface area contributed by atoms with Gasteiger partial charge >= 0.3 is 5.97 Å². The summed E-state index contributed by atoms with van der Waals surface area (Å²) in [6, 6.07) is 13.3. The van der Waals surface area contributed by atoms with Crippen LogP contribution in [0, 0.1) is 25.6 Å². The fraction of sp³-hybridized carbons (Fsp3) is 0.463. The highest BCUT2D eigenvalue weighted by molar-refractivity contribution is 7.22. The van der Waals surface area contributed by atoms with Crippen LogP contribution >= 0.6 is 34.5 Å². The van der Waals surface area contributed by atoms with Crippen molar-refractivity contribution in [1.82, 2.24) is 29.7 Å². The van der Waals surface area contributed by atoms with Gasteiger partial charge in [-0.3, -0.25) is 4.90 Å². The van der Waals surface area contributed by atoms with Gasteiger partial charge in [0, 0.05) is 81.0 Å². The Bertz CT molecular complexity index is 2830. The first-order valence-electron chi connectivity index (χ1n) is 24.8. The second-order valence-corrected chi connectivity index (χ2v) is 20.7. The number of carboxylic acid groups (broad SMARTS) is 1. The number of nitrogens with zero attached hydrogens (tertiary/aromatic N) is 6. The van der Waals surface area contributed by atoms with E-state index in [4.69, 9.17) is 61.3 Å². The highest BCUT2D eigenvalue weighted by Gasteiger charge is 2.32. The highest BCUT2D eigenvalue weighted by Crippen LogP contribution is 2.53. The lowest BCUT2D eigenvalue weighted by Gasteiger charge is -2.35. The van der Waals surface area contributed by atoms with Crippen LogP contribution in [0.25, 0.3) is 31.8 Å². The van der Waals surface area contributed by atoms with Gasteiger partial charge in [-0.1, -0.05) is 35.3 Å². The number of piperazine rings is 1. The van der Waals surface area contributed by atoms with Gasteiger partial charge in [0.15, 0.2) is 5.75 Å². The molecule has 1 saturated heterocycles. The van der Waals surface area contributed by atoms with Crippen LogP contribution in [0.15, 0.2) is 61.1 Å². The molecular weight excluding hydrogens is 999 g/mol. The molecule has 1 saturated carbocycles. The molecular formula is C54H61Cl2FN6O9S. The fourth-order valence-corrected chi connectivity index (χ4v) is 11.4. The molecule has 3 aliphatic heterocycles. The van der Waals surface area contributed by atoms with E-state index in [1.807, 2.05) is 19.9 Å². The molecule has 73 heavy (non-hydrogen) atoms. The van der Waals surface area contributed by atoms with E-state index >= 15 is 0 Å². The number of aliphatic carboxylic acids is 1. The minimum absolute atomic E-state index is 0.0354. The zero-order valence-electron chi connectivity index (χ0n) is 41.5. The first-order chi connectivity index (χ1) is 35.4. The second kappa shape index (κ2) is 24.4. The molecule has 388 valence electrons. The maximum Gasteiger partial charge on any atom is 0.345 e. The Morgan fingerprint density at radius 3 is 2.37 bits per heavy atom. The van der Waals surface area contributed by atoms with Crippen LogP contribution in [-0.4, -0.2) is 140 Å². The van der Waals surface area contributed by atoms with Crippen molar-refractivity contribution in [3.8, 4) is 44.7 Å². The summed E-state index contributed by atoms with van der Waals surface area (Å²) in [6.45, 7) is 10.9. The number of hydrogen-bond acceptors (Lipinski definition) is 15. The van der Waals surface area contributed by atoms with Crippen LogP contribution in [0.2, 0.25) is 10.0 Å². The van der Waals surface area contributed by atoms with Crippen molar-refractivity contribution in [2.75, 3.05) is 86.5 Å². The average molecular weight is 1060 g/mol. The smallest absolute Gasteiger partial charge is 0.345 e. The molecule has 1 aliphatic carbocycles. The summed E-state index contributed by atoms with van der Waals surface area (Å²) in [5, 5.41) is 12.0. The maximum absolute atomic E-state index is 14.4. The molecule has 6 aromatic rings. The monoisotopic (exact) mass is 1060 g/mol. The number of methoxy groups -OCH3 is 1. The van der Waals surface area contributed by atoms with Gasteiger partial charge in [0.05, 0.1) is 47.6 Å². The molecule has 3 aromatic carbocycles. The summed E-state index contributed by atoms with van der Waals surface area (Å²) in [5.74, 6) is 1.10. The van der Waals surface area contributed by atoms with E-state index in [0.717, 1.165) is 57.7 Å². The number of thiophene rings is 1. The Hall–Kier alpha value is -5.24. The Morgan fingerprint density at radius 2 is 1.63 bits per heavy atom. The molecule has 0 radical (unpaired) electrons. The Balaban J connectivity index is 1.03. The van der Waals surface area contributed by atoms with Gasteiger partial charge in [-0.15, -0.1) is 11.3 Å². The van der Waals surface area contributed by atoms with Gasteiger partial charge in [0.25, 0.3) is 0 Å². The maximum atomic E-state index is 14.4.